The van der Waals surface area contributed by atoms with Crippen LogP contribution >= 0.6 is 0 Å². The van der Waals surface area contributed by atoms with Gasteiger partial charge in [0.1, 0.15) is 23.3 Å². The lowest BCUT2D eigenvalue weighted by molar-refractivity contribution is -0.120. The van der Waals surface area contributed by atoms with Gasteiger partial charge in [0.15, 0.2) is 0 Å². The maximum absolute atomic E-state index is 11.5. The van der Waals surface area contributed by atoms with E-state index in [0.717, 1.165) is 12.8 Å². The molecule has 2 rings (SSSR count). The Labute approximate surface area is 105 Å². The summed E-state index contributed by atoms with van der Waals surface area (Å²) < 4.78 is 0. The fraction of sp³-hybridized carbons (Fsp3) is 0.500. The number of aromatic nitrogens is 2. The van der Waals surface area contributed by atoms with Crippen LogP contribution in [-0.4, -0.2) is 28.5 Å². The molecule has 94 valence electrons. The van der Waals surface area contributed by atoms with E-state index in [4.69, 9.17) is 5.26 Å². The van der Waals surface area contributed by atoms with Crippen molar-refractivity contribution in [3.63, 3.8) is 0 Å². The summed E-state index contributed by atoms with van der Waals surface area (Å²) in [7, 11) is 0. The molecular weight excluding hydrogens is 230 g/mol. The second kappa shape index (κ2) is 5.45. The minimum atomic E-state index is 0.0364. The third-order valence-corrected chi connectivity index (χ3v) is 2.62. The second-order valence-electron chi connectivity index (χ2n) is 4.31. The van der Waals surface area contributed by atoms with Crippen molar-refractivity contribution in [1.82, 2.24) is 15.3 Å². The predicted octanol–water partition coefficient (Wildman–Crippen LogP) is 0.737. The van der Waals surface area contributed by atoms with Crippen LogP contribution in [0.1, 0.15) is 30.7 Å². The van der Waals surface area contributed by atoms with Gasteiger partial charge in [0.05, 0.1) is 6.20 Å². The molecule has 1 amide bonds. The quantitative estimate of drug-likeness (QED) is 0.798. The summed E-state index contributed by atoms with van der Waals surface area (Å²) in [6.07, 6.45) is 4.03. The number of anilines is 1. The first kappa shape index (κ1) is 12.3. The zero-order chi connectivity index (χ0) is 13.0. The molecule has 0 radical (unpaired) electrons. The Bertz CT molecular complexity index is 490. The minimum absolute atomic E-state index is 0.0364. The molecule has 0 aromatic carbocycles. The number of nitrogens with one attached hydrogen (secondary N) is 2. The Morgan fingerprint density at radius 3 is 3.06 bits per heavy atom. The van der Waals surface area contributed by atoms with Gasteiger partial charge >= 0.3 is 0 Å². The zero-order valence-electron chi connectivity index (χ0n) is 10.2. The van der Waals surface area contributed by atoms with Crippen molar-refractivity contribution in [2.24, 2.45) is 0 Å². The number of carbonyl (C=O) groups excluding carboxylic acids is 1. The highest BCUT2D eigenvalue weighted by molar-refractivity contribution is 5.77. The van der Waals surface area contributed by atoms with Crippen molar-refractivity contribution in [3.05, 3.63) is 17.6 Å². The van der Waals surface area contributed by atoms with E-state index in [2.05, 4.69) is 20.6 Å². The van der Waals surface area contributed by atoms with Crippen molar-refractivity contribution in [2.75, 3.05) is 11.9 Å². The molecule has 18 heavy (non-hydrogen) atoms. The van der Waals surface area contributed by atoms with Crippen molar-refractivity contribution in [1.29, 1.82) is 5.26 Å². The van der Waals surface area contributed by atoms with Gasteiger partial charge in [0, 0.05) is 19.0 Å². The van der Waals surface area contributed by atoms with E-state index in [0.29, 0.717) is 36.2 Å². The van der Waals surface area contributed by atoms with E-state index in [1.54, 1.807) is 6.92 Å². The van der Waals surface area contributed by atoms with Crippen LogP contribution in [0.3, 0.4) is 0 Å². The molecule has 0 atom stereocenters. The van der Waals surface area contributed by atoms with E-state index in [1.807, 2.05) is 6.07 Å². The van der Waals surface area contributed by atoms with E-state index in [9.17, 15) is 4.79 Å². The molecule has 0 unspecified atom stereocenters. The summed E-state index contributed by atoms with van der Waals surface area (Å²) in [4.78, 5) is 19.5. The summed E-state index contributed by atoms with van der Waals surface area (Å²) in [5.74, 6) is 1.12. The fourth-order valence-electron chi connectivity index (χ4n) is 1.51. The maximum atomic E-state index is 11.5. The lowest BCUT2D eigenvalue weighted by Gasteiger charge is -2.07. The molecule has 0 bridgehead atoms. The van der Waals surface area contributed by atoms with Crippen molar-refractivity contribution >= 4 is 11.7 Å². The third-order valence-electron chi connectivity index (χ3n) is 2.62. The minimum Gasteiger partial charge on any atom is -0.368 e. The molecule has 1 heterocycles. The van der Waals surface area contributed by atoms with Crippen LogP contribution in [0.15, 0.2) is 6.20 Å². The molecular formula is C12H15N5O. The van der Waals surface area contributed by atoms with Crippen molar-refractivity contribution < 1.29 is 4.79 Å². The molecule has 6 nitrogen and oxygen atoms in total. The lowest BCUT2D eigenvalue weighted by Crippen LogP contribution is -2.27. The monoisotopic (exact) mass is 245 g/mol. The van der Waals surface area contributed by atoms with E-state index in [-0.39, 0.29) is 5.91 Å². The largest absolute Gasteiger partial charge is 0.368 e. The molecule has 1 fully saturated rings. The number of hydrogen-bond donors (Lipinski definition) is 2. The van der Waals surface area contributed by atoms with Gasteiger partial charge < -0.3 is 10.6 Å². The van der Waals surface area contributed by atoms with E-state index >= 15 is 0 Å². The summed E-state index contributed by atoms with van der Waals surface area (Å²) >= 11 is 0. The number of aryl methyl sites for hydroxylation is 1. The number of amides is 1. The van der Waals surface area contributed by atoms with Gasteiger partial charge in [-0.25, -0.2) is 9.97 Å². The first-order chi connectivity index (χ1) is 8.69. The summed E-state index contributed by atoms with van der Waals surface area (Å²) in [6, 6.07) is 2.40. The number of hydrogen-bond acceptors (Lipinski definition) is 5. The molecule has 1 aliphatic rings. The Hall–Kier alpha value is -2.16. The summed E-state index contributed by atoms with van der Waals surface area (Å²) in [5, 5.41) is 14.8. The van der Waals surface area contributed by atoms with Crippen LogP contribution in [-0.2, 0) is 4.79 Å². The number of carbonyl (C=O) groups is 1. The van der Waals surface area contributed by atoms with Crippen LogP contribution in [0, 0.1) is 18.3 Å². The second-order valence-corrected chi connectivity index (χ2v) is 4.31. The average Bonchev–Trinajstić information content (AvgIpc) is 3.13. The van der Waals surface area contributed by atoms with Gasteiger partial charge in [0.25, 0.3) is 0 Å². The molecule has 1 aromatic rings. The highest BCUT2D eigenvalue weighted by atomic mass is 16.1. The Morgan fingerprint density at radius 1 is 1.61 bits per heavy atom. The lowest BCUT2D eigenvalue weighted by atomic mass is 10.3. The van der Waals surface area contributed by atoms with Crippen LogP contribution in [0.2, 0.25) is 0 Å². The molecule has 0 saturated heterocycles. The van der Waals surface area contributed by atoms with E-state index in [1.165, 1.54) is 6.20 Å². The van der Waals surface area contributed by atoms with Crippen molar-refractivity contribution in [3.8, 4) is 6.07 Å². The van der Waals surface area contributed by atoms with Gasteiger partial charge in [-0.05, 0) is 19.8 Å². The standard InChI is InChI=1S/C12H15N5O/c1-8-15-7-9(6-13)12(16-8)14-5-4-11(18)17-10-2-3-10/h7,10H,2-5H2,1H3,(H,17,18)(H,14,15,16). The molecule has 1 aliphatic carbocycles. The molecule has 1 saturated carbocycles. The molecule has 2 N–H and O–H groups in total. The van der Waals surface area contributed by atoms with Gasteiger partial charge in [-0.1, -0.05) is 0 Å². The van der Waals surface area contributed by atoms with Gasteiger partial charge in [-0.15, -0.1) is 0 Å². The molecule has 0 spiro atoms. The van der Waals surface area contributed by atoms with Gasteiger partial charge in [0.2, 0.25) is 5.91 Å². The topological polar surface area (TPSA) is 90.7 Å². The third kappa shape index (κ3) is 3.42. The predicted molar refractivity (Wildman–Crippen MR) is 65.8 cm³/mol. The van der Waals surface area contributed by atoms with Crippen LogP contribution < -0.4 is 10.6 Å². The fourth-order valence-corrected chi connectivity index (χ4v) is 1.51. The SMILES string of the molecule is Cc1ncc(C#N)c(NCCC(=O)NC2CC2)n1. The maximum Gasteiger partial charge on any atom is 0.221 e. The van der Waals surface area contributed by atoms with Gasteiger partial charge in [-0.2, -0.15) is 5.26 Å². The molecule has 6 heteroatoms. The molecule has 0 aliphatic heterocycles. The van der Waals surface area contributed by atoms with Crippen molar-refractivity contribution in [2.45, 2.75) is 32.2 Å². The highest BCUT2D eigenvalue weighted by Gasteiger charge is 2.22. The Kier molecular flexibility index (Phi) is 3.72. The Morgan fingerprint density at radius 2 is 2.39 bits per heavy atom. The van der Waals surface area contributed by atoms with Crippen LogP contribution in [0.4, 0.5) is 5.82 Å². The van der Waals surface area contributed by atoms with E-state index < -0.39 is 0 Å². The Balaban J connectivity index is 1.83. The average molecular weight is 245 g/mol. The first-order valence-corrected chi connectivity index (χ1v) is 5.96. The highest BCUT2D eigenvalue weighted by Crippen LogP contribution is 2.18. The summed E-state index contributed by atoms with van der Waals surface area (Å²) in [5.41, 5.74) is 0.392. The summed E-state index contributed by atoms with van der Waals surface area (Å²) in [6.45, 7) is 2.22. The number of nitriles is 1. The molecule has 1 aromatic heterocycles. The first-order valence-electron chi connectivity index (χ1n) is 5.96. The number of rotatable bonds is 5. The normalized spacial score (nSPS) is 13.8. The van der Waals surface area contributed by atoms with Gasteiger partial charge in [-0.3, -0.25) is 4.79 Å². The zero-order valence-corrected chi connectivity index (χ0v) is 10.2. The number of nitrogens with zero attached hydrogens (tertiary/aromatic N) is 3. The smallest absolute Gasteiger partial charge is 0.221 e. The van der Waals surface area contributed by atoms with Crippen LogP contribution in [0.5, 0.6) is 0 Å². The van der Waals surface area contributed by atoms with Crippen LogP contribution in [0.25, 0.3) is 0 Å².